The van der Waals surface area contributed by atoms with Crippen LogP contribution in [0, 0.1) is 13.8 Å². The summed E-state index contributed by atoms with van der Waals surface area (Å²) in [7, 11) is 0. The maximum absolute atomic E-state index is 13.0. The van der Waals surface area contributed by atoms with Gasteiger partial charge in [0.2, 0.25) is 5.78 Å². The smallest absolute Gasteiger partial charge is 0.338 e. The van der Waals surface area contributed by atoms with Crippen LogP contribution in [0.15, 0.2) is 48.5 Å². The third kappa shape index (κ3) is 4.36. The van der Waals surface area contributed by atoms with Crippen molar-refractivity contribution in [1.29, 1.82) is 0 Å². The summed E-state index contributed by atoms with van der Waals surface area (Å²) in [6.45, 7) is 4.83. The third-order valence-electron chi connectivity index (χ3n) is 4.27. The number of Topliss-reactive ketones (excluding diaryl/α,β-unsaturated/α-hetero) is 1. The molecule has 0 radical (unpaired) electrons. The molecule has 5 heteroatoms. The van der Waals surface area contributed by atoms with Crippen molar-refractivity contribution in [2.75, 3.05) is 19.8 Å². The van der Waals surface area contributed by atoms with Gasteiger partial charge in [-0.2, -0.15) is 0 Å². The first-order chi connectivity index (χ1) is 12.5. The molecule has 1 saturated heterocycles. The molecule has 0 saturated carbocycles. The fraction of sp³-hybridized carbons (Fsp3) is 0.333. The van der Waals surface area contributed by atoms with Crippen molar-refractivity contribution in [2.24, 2.45) is 0 Å². The standard InChI is InChI=1S/C21H22O5/c1-14-3-7-16(8-4-14)19(22)20(17-9-5-15(2)6-10-17)26-21(23)18-13-24-11-12-25-18/h3-10,18,20H,11-13H2,1-2H3. The van der Waals surface area contributed by atoms with Gasteiger partial charge >= 0.3 is 5.97 Å². The molecule has 1 fully saturated rings. The van der Waals surface area contributed by atoms with Crippen LogP contribution in [0.5, 0.6) is 0 Å². The lowest BCUT2D eigenvalue weighted by Crippen LogP contribution is -2.38. The average Bonchev–Trinajstić information content (AvgIpc) is 2.67. The van der Waals surface area contributed by atoms with Gasteiger partial charge in [-0.05, 0) is 13.8 Å². The molecule has 2 unspecified atom stereocenters. The third-order valence-corrected chi connectivity index (χ3v) is 4.27. The summed E-state index contributed by atoms with van der Waals surface area (Å²) in [5, 5.41) is 0. The molecular weight excluding hydrogens is 332 g/mol. The molecule has 26 heavy (non-hydrogen) atoms. The van der Waals surface area contributed by atoms with E-state index >= 15 is 0 Å². The molecule has 2 atom stereocenters. The Labute approximate surface area is 152 Å². The van der Waals surface area contributed by atoms with Crippen molar-refractivity contribution in [3.05, 3.63) is 70.8 Å². The summed E-state index contributed by atoms with van der Waals surface area (Å²) in [5.41, 5.74) is 3.24. The van der Waals surface area contributed by atoms with Gasteiger partial charge in [0.05, 0.1) is 19.8 Å². The molecule has 0 bridgehead atoms. The Balaban J connectivity index is 1.85. The Morgan fingerprint density at radius 1 is 0.962 bits per heavy atom. The molecule has 0 spiro atoms. The van der Waals surface area contributed by atoms with Crippen LogP contribution < -0.4 is 0 Å². The van der Waals surface area contributed by atoms with E-state index in [2.05, 4.69) is 0 Å². The molecule has 1 heterocycles. The molecule has 2 aromatic carbocycles. The number of ketones is 1. The lowest BCUT2D eigenvalue weighted by molar-refractivity contribution is -0.174. The maximum atomic E-state index is 13.0. The molecule has 0 aromatic heterocycles. The highest BCUT2D eigenvalue weighted by molar-refractivity contribution is 6.01. The van der Waals surface area contributed by atoms with Crippen LogP contribution in [0.4, 0.5) is 0 Å². The van der Waals surface area contributed by atoms with Crippen LogP contribution in [0.1, 0.15) is 33.2 Å². The van der Waals surface area contributed by atoms with Gasteiger partial charge in [0, 0.05) is 11.1 Å². The molecule has 2 aromatic rings. The van der Waals surface area contributed by atoms with E-state index in [0.717, 1.165) is 11.1 Å². The van der Waals surface area contributed by atoms with Crippen molar-refractivity contribution >= 4 is 11.8 Å². The number of hydrogen-bond donors (Lipinski definition) is 0. The molecule has 1 aliphatic heterocycles. The van der Waals surface area contributed by atoms with E-state index in [1.807, 2.05) is 38.1 Å². The van der Waals surface area contributed by atoms with Crippen LogP contribution in [0.2, 0.25) is 0 Å². The Hall–Kier alpha value is -2.50. The van der Waals surface area contributed by atoms with E-state index in [1.54, 1.807) is 24.3 Å². The second-order valence-corrected chi connectivity index (χ2v) is 6.39. The van der Waals surface area contributed by atoms with Crippen molar-refractivity contribution < 1.29 is 23.8 Å². The number of esters is 1. The second kappa shape index (κ2) is 8.25. The molecule has 3 rings (SSSR count). The van der Waals surface area contributed by atoms with Gasteiger partial charge < -0.3 is 14.2 Å². The zero-order valence-corrected chi connectivity index (χ0v) is 14.9. The fourth-order valence-electron chi connectivity index (χ4n) is 2.70. The van der Waals surface area contributed by atoms with Crippen LogP contribution in [0.3, 0.4) is 0 Å². The zero-order chi connectivity index (χ0) is 18.5. The Morgan fingerprint density at radius 2 is 1.58 bits per heavy atom. The number of rotatable bonds is 5. The Morgan fingerprint density at radius 3 is 2.15 bits per heavy atom. The lowest BCUT2D eigenvalue weighted by atomic mass is 9.98. The van der Waals surface area contributed by atoms with Gasteiger partial charge in [-0.25, -0.2) is 4.79 Å². The number of hydrogen-bond acceptors (Lipinski definition) is 5. The SMILES string of the molecule is Cc1ccc(C(=O)C(OC(=O)C2COCCO2)c2ccc(C)cc2)cc1. The predicted molar refractivity (Wildman–Crippen MR) is 96.1 cm³/mol. The van der Waals surface area contributed by atoms with E-state index < -0.39 is 18.2 Å². The van der Waals surface area contributed by atoms with Crippen LogP contribution in [-0.4, -0.2) is 37.7 Å². The van der Waals surface area contributed by atoms with Crippen molar-refractivity contribution in [3.63, 3.8) is 0 Å². The maximum Gasteiger partial charge on any atom is 0.338 e. The van der Waals surface area contributed by atoms with Gasteiger partial charge in [0.15, 0.2) is 12.2 Å². The van der Waals surface area contributed by atoms with Crippen LogP contribution >= 0.6 is 0 Å². The van der Waals surface area contributed by atoms with Gasteiger partial charge in [-0.3, -0.25) is 4.79 Å². The highest BCUT2D eigenvalue weighted by atomic mass is 16.6. The van der Waals surface area contributed by atoms with Crippen molar-refractivity contribution in [2.45, 2.75) is 26.1 Å². The van der Waals surface area contributed by atoms with Crippen LogP contribution in [-0.2, 0) is 19.0 Å². The molecule has 5 nitrogen and oxygen atoms in total. The van der Waals surface area contributed by atoms with Gasteiger partial charge in [-0.15, -0.1) is 0 Å². The minimum atomic E-state index is -1.02. The largest absolute Gasteiger partial charge is 0.447 e. The van der Waals surface area contributed by atoms with E-state index in [9.17, 15) is 9.59 Å². The quantitative estimate of drug-likeness (QED) is 0.610. The minimum Gasteiger partial charge on any atom is -0.447 e. The summed E-state index contributed by atoms with van der Waals surface area (Å²) >= 11 is 0. The first kappa shape index (κ1) is 18.3. The van der Waals surface area contributed by atoms with Gasteiger partial charge in [0.25, 0.3) is 0 Å². The Bertz CT molecular complexity index is 758. The van der Waals surface area contributed by atoms with Crippen LogP contribution in [0.25, 0.3) is 0 Å². The van der Waals surface area contributed by atoms with E-state index in [-0.39, 0.29) is 12.4 Å². The normalized spacial score (nSPS) is 18.2. The monoisotopic (exact) mass is 354 g/mol. The number of aryl methyl sites for hydroxylation is 2. The second-order valence-electron chi connectivity index (χ2n) is 6.39. The number of carbonyl (C=O) groups excluding carboxylic acids is 2. The molecule has 1 aliphatic rings. The zero-order valence-electron chi connectivity index (χ0n) is 14.9. The summed E-state index contributed by atoms with van der Waals surface area (Å²) in [4.78, 5) is 25.5. The van der Waals surface area contributed by atoms with E-state index in [4.69, 9.17) is 14.2 Å². The summed E-state index contributed by atoms with van der Waals surface area (Å²) in [6, 6.07) is 14.6. The molecule has 0 N–H and O–H groups in total. The van der Waals surface area contributed by atoms with Crippen molar-refractivity contribution in [3.8, 4) is 0 Å². The number of ether oxygens (including phenoxy) is 3. The highest BCUT2D eigenvalue weighted by Gasteiger charge is 2.31. The number of benzene rings is 2. The van der Waals surface area contributed by atoms with Crippen molar-refractivity contribution in [1.82, 2.24) is 0 Å². The fourth-order valence-corrected chi connectivity index (χ4v) is 2.70. The molecule has 0 aliphatic carbocycles. The topological polar surface area (TPSA) is 61.8 Å². The summed E-state index contributed by atoms with van der Waals surface area (Å²) < 4.78 is 16.2. The molecule has 136 valence electrons. The van der Waals surface area contributed by atoms with Gasteiger partial charge in [-0.1, -0.05) is 59.7 Å². The number of carbonyl (C=O) groups is 2. The first-order valence-corrected chi connectivity index (χ1v) is 8.62. The highest BCUT2D eigenvalue weighted by Crippen LogP contribution is 2.24. The lowest BCUT2D eigenvalue weighted by Gasteiger charge is -2.24. The Kier molecular flexibility index (Phi) is 5.81. The van der Waals surface area contributed by atoms with Gasteiger partial charge in [0.1, 0.15) is 0 Å². The minimum absolute atomic E-state index is 0.137. The predicted octanol–water partition coefficient (Wildman–Crippen LogP) is 3.19. The molecular formula is C21H22O5. The van der Waals surface area contributed by atoms with E-state index in [1.165, 1.54) is 0 Å². The first-order valence-electron chi connectivity index (χ1n) is 8.62. The summed E-state index contributed by atoms with van der Waals surface area (Å²) in [6.07, 6.45) is -1.82. The summed E-state index contributed by atoms with van der Waals surface area (Å²) in [5.74, 6) is -0.852. The molecule has 0 amide bonds. The average molecular weight is 354 g/mol. The van der Waals surface area contributed by atoms with E-state index in [0.29, 0.717) is 24.3 Å².